The minimum absolute atomic E-state index is 0.509. The van der Waals surface area contributed by atoms with Crippen LogP contribution in [0.2, 0.25) is 0 Å². The molecular formula is C22H19IN10S. The van der Waals surface area contributed by atoms with Crippen LogP contribution in [0.25, 0.3) is 0 Å². The monoisotopic (exact) mass is 582 g/mol. The number of amidine groups is 1. The Labute approximate surface area is 212 Å². The van der Waals surface area contributed by atoms with Gasteiger partial charge in [0.25, 0.3) is 0 Å². The molecule has 4 aromatic heterocycles. The van der Waals surface area contributed by atoms with Crippen molar-refractivity contribution in [3.63, 3.8) is 0 Å². The summed E-state index contributed by atoms with van der Waals surface area (Å²) in [6, 6.07) is 18.7. The van der Waals surface area contributed by atoms with Gasteiger partial charge >= 0.3 is 0 Å². The van der Waals surface area contributed by atoms with E-state index in [2.05, 4.69) is 41.1 Å². The molecule has 0 saturated carbocycles. The van der Waals surface area contributed by atoms with E-state index >= 15 is 0 Å². The van der Waals surface area contributed by atoms with Crippen LogP contribution in [-0.4, -0.2) is 30.2 Å². The third-order valence-corrected chi connectivity index (χ3v) is 6.56. The number of anilines is 4. The van der Waals surface area contributed by atoms with Crippen molar-refractivity contribution in [1.82, 2.24) is 24.4 Å². The van der Waals surface area contributed by atoms with Crippen molar-refractivity contribution >= 4 is 59.2 Å². The molecule has 0 saturated heterocycles. The molecule has 10 nitrogen and oxygen atoms in total. The molecule has 0 spiro atoms. The van der Waals surface area contributed by atoms with E-state index in [1.807, 2.05) is 69.0 Å². The predicted octanol–water partition coefficient (Wildman–Crippen LogP) is 4.03. The van der Waals surface area contributed by atoms with Gasteiger partial charge < -0.3 is 11.5 Å². The van der Waals surface area contributed by atoms with Crippen LogP contribution < -0.4 is 21.5 Å². The molecule has 0 fully saturated rings. The molecule has 4 aromatic rings. The Hall–Kier alpha value is -3.65. The Kier molecular flexibility index (Phi) is 6.31. The quantitative estimate of drug-likeness (QED) is 0.263. The lowest BCUT2D eigenvalue weighted by molar-refractivity contribution is 0.433. The SMILES string of the molecule is Nc1ccc(C2=NN(c3ccccn3)C(c3ccc(N)cn3)N(c3ccccn3)N2SI)nc1. The highest BCUT2D eigenvalue weighted by Crippen LogP contribution is 2.41. The highest BCUT2D eigenvalue weighted by Gasteiger charge is 2.41. The molecule has 1 aliphatic heterocycles. The number of nitrogen functional groups attached to an aromatic ring is 2. The number of hydrogen-bond acceptors (Lipinski definition) is 11. The van der Waals surface area contributed by atoms with Gasteiger partial charge in [-0.05, 0) is 48.5 Å². The molecule has 12 heteroatoms. The van der Waals surface area contributed by atoms with Gasteiger partial charge in [-0.2, -0.15) is 4.41 Å². The standard InChI is InChI=1S/C22H19IN10S/c23-34-33-21(17-9-7-15(24)13-28-17)30-31(19-5-1-3-11-26-19)22(18-10-8-16(25)14-29-18)32(33)20-6-2-4-12-27-20/h1-14,22H,24-25H2. The van der Waals surface area contributed by atoms with Gasteiger partial charge in [-0.3, -0.25) is 9.97 Å². The first-order valence-electron chi connectivity index (χ1n) is 10.2. The molecule has 0 bridgehead atoms. The lowest BCUT2D eigenvalue weighted by Gasteiger charge is -2.46. The van der Waals surface area contributed by atoms with E-state index in [0.717, 1.165) is 0 Å². The Morgan fingerprint density at radius 2 is 1.44 bits per heavy atom. The number of pyridine rings is 4. The second kappa shape index (κ2) is 9.69. The molecule has 4 N–H and O–H groups in total. The van der Waals surface area contributed by atoms with E-state index < -0.39 is 6.17 Å². The van der Waals surface area contributed by atoms with Crippen LogP contribution >= 0.6 is 30.3 Å². The summed E-state index contributed by atoms with van der Waals surface area (Å²) in [5.74, 6) is 1.92. The second-order valence-electron chi connectivity index (χ2n) is 7.20. The van der Waals surface area contributed by atoms with E-state index in [1.165, 1.54) is 9.12 Å². The molecule has 5 heterocycles. The van der Waals surface area contributed by atoms with Crippen LogP contribution in [0.5, 0.6) is 0 Å². The second-order valence-corrected chi connectivity index (χ2v) is 8.86. The first kappa shape index (κ1) is 22.2. The maximum absolute atomic E-state index is 5.94. The number of halogens is 1. The Balaban J connectivity index is 1.76. The number of hydrogen-bond donors (Lipinski definition) is 2. The summed E-state index contributed by atoms with van der Waals surface area (Å²) in [5.41, 5.74) is 14.3. The summed E-state index contributed by atoms with van der Waals surface area (Å²) in [4.78, 5) is 18.4. The van der Waals surface area contributed by atoms with Crippen molar-refractivity contribution in [1.29, 1.82) is 0 Å². The van der Waals surface area contributed by atoms with Gasteiger partial charge in [-0.25, -0.2) is 20.0 Å². The van der Waals surface area contributed by atoms with Crippen molar-refractivity contribution in [3.8, 4) is 0 Å². The molecular weight excluding hydrogens is 563 g/mol. The van der Waals surface area contributed by atoms with Crippen molar-refractivity contribution in [3.05, 3.63) is 96.8 Å². The Morgan fingerprint density at radius 3 is 2.00 bits per heavy atom. The third kappa shape index (κ3) is 4.28. The zero-order valence-corrected chi connectivity index (χ0v) is 20.7. The smallest absolute Gasteiger partial charge is 0.205 e. The zero-order chi connectivity index (χ0) is 23.5. The normalized spacial score (nSPS) is 15.9. The average Bonchev–Trinajstić information content (AvgIpc) is 2.89. The van der Waals surface area contributed by atoms with Gasteiger partial charge in [0.15, 0.2) is 17.8 Å². The van der Waals surface area contributed by atoms with Crippen molar-refractivity contribution in [2.24, 2.45) is 5.10 Å². The summed E-state index contributed by atoms with van der Waals surface area (Å²) in [6.45, 7) is 0. The molecule has 5 rings (SSSR count). The third-order valence-electron chi connectivity index (χ3n) is 4.97. The topological polar surface area (TPSA) is 126 Å². The largest absolute Gasteiger partial charge is 0.397 e. The zero-order valence-electron chi connectivity index (χ0n) is 17.7. The van der Waals surface area contributed by atoms with Crippen LogP contribution in [0, 0.1) is 0 Å². The van der Waals surface area contributed by atoms with Gasteiger partial charge in [-0.15, -0.1) is 5.10 Å². The first-order chi connectivity index (χ1) is 16.7. The molecule has 1 aliphatic rings. The summed E-state index contributed by atoms with van der Waals surface area (Å²) in [5, 5.41) is 8.82. The predicted molar refractivity (Wildman–Crippen MR) is 143 cm³/mol. The summed E-state index contributed by atoms with van der Waals surface area (Å²) >= 11 is 2.22. The van der Waals surface area contributed by atoms with Crippen LogP contribution in [0.4, 0.5) is 23.0 Å². The highest BCUT2D eigenvalue weighted by molar-refractivity contribution is 14.2. The summed E-state index contributed by atoms with van der Waals surface area (Å²) in [7, 11) is 1.44. The molecule has 0 aromatic carbocycles. The van der Waals surface area contributed by atoms with Gasteiger partial charge in [0.05, 0.1) is 29.5 Å². The van der Waals surface area contributed by atoms with Crippen molar-refractivity contribution in [2.75, 3.05) is 21.5 Å². The van der Waals surface area contributed by atoms with Crippen LogP contribution in [-0.2, 0) is 0 Å². The molecule has 1 unspecified atom stereocenters. The summed E-state index contributed by atoms with van der Waals surface area (Å²) in [6.07, 6.45) is 6.20. The van der Waals surface area contributed by atoms with Gasteiger partial charge in [0, 0.05) is 42.7 Å². The first-order valence-corrected chi connectivity index (χ1v) is 13.5. The molecule has 170 valence electrons. The number of aromatic nitrogens is 4. The number of hydrazine groups is 1. The van der Waals surface area contributed by atoms with E-state index in [9.17, 15) is 0 Å². The van der Waals surface area contributed by atoms with Crippen LogP contribution in [0.1, 0.15) is 17.6 Å². The van der Waals surface area contributed by atoms with Gasteiger partial charge in [-0.1, -0.05) is 12.1 Å². The Morgan fingerprint density at radius 1 is 0.765 bits per heavy atom. The maximum atomic E-state index is 5.94. The molecule has 34 heavy (non-hydrogen) atoms. The van der Waals surface area contributed by atoms with Crippen molar-refractivity contribution in [2.45, 2.75) is 6.17 Å². The minimum atomic E-state index is -0.509. The molecule has 0 amide bonds. The van der Waals surface area contributed by atoms with Crippen molar-refractivity contribution < 1.29 is 0 Å². The number of nitrogens with zero attached hydrogens (tertiary/aromatic N) is 8. The van der Waals surface area contributed by atoms with Gasteiger partial charge in [0.1, 0.15) is 5.69 Å². The van der Waals surface area contributed by atoms with Gasteiger partial charge in [0.2, 0.25) is 5.84 Å². The number of hydrazone groups is 1. The van der Waals surface area contributed by atoms with E-state index in [0.29, 0.717) is 40.2 Å². The minimum Gasteiger partial charge on any atom is -0.397 e. The highest BCUT2D eigenvalue weighted by atomic mass is 127. The number of nitrogens with two attached hydrogens (primary N) is 2. The fraction of sp³-hybridized carbons (Fsp3) is 0.0455. The van der Waals surface area contributed by atoms with E-state index in [1.54, 1.807) is 30.9 Å². The maximum Gasteiger partial charge on any atom is 0.205 e. The Bertz CT molecular complexity index is 1270. The lowest BCUT2D eigenvalue weighted by atomic mass is 10.2. The average molecular weight is 582 g/mol. The van der Waals surface area contributed by atoms with E-state index in [4.69, 9.17) is 16.6 Å². The number of rotatable bonds is 5. The molecule has 0 aliphatic carbocycles. The fourth-order valence-corrected chi connectivity index (χ4v) is 5.01. The molecule has 0 radical (unpaired) electrons. The lowest BCUT2D eigenvalue weighted by Crippen LogP contribution is -2.55. The summed E-state index contributed by atoms with van der Waals surface area (Å²) < 4.78 is 1.93. The van der Waals surface area contributed by atoms with Crippen LogP contribution in [0.3, 0.4) is 0 Å². The van der Waals surface area contributed by atoms with Crippen LogP contribution in [0.15, 0.2) is 90.6 Å². The fourth-order valence-electron chi connectivity index (χ4n) is 3.45. The molecule has 1 atom stereocenters. The van der Waals surface area contributed by atoms with E-state index in [-0.39, 0.29) is 0 Å².